The molecule has 0 amide bonds. The van der Waals surface area contributed by atoms with E-state index in [4.69, 9.17) is 0 Å². The summed E-state index contributed by atoms with van der Waals surface area (Å²) in [6, 6.07) is 9.56. The Morgan fingerprint density at radius 1 is 1.22 bits per heavy atom. The van der Waals surface area contributed by atoms with Crippen LogP contribution in [-0.2, 0) is 16.6 Å². The third-order valence-corrected chi connectivity index (χ3v) is 6.41. The van der Waals surface area contributed by atoms with Gasteiger partial charge in [0.1, 0.15) is 5.01 Å². The lowest BCUT2D eigenvalue weighted by Crippen LogP contribution is -2.31. The van der Waals surface area contributed by atoms with Gasteiger partial charge in [-0.3, -0.25) is 0 Å². The molecule has 23 heavy (non-hydrogen) atoms. The molecule has 0 N–H and O–H groups in total. The molecule has 0 aliphatic carbocycles. The summed E-state index contributed by atoms with van der Waals surface area (Å²) in [6.45, 7) is 6.09. The van der Waals surface area contributed by atoms with Gasteiger partial charge in [0.15, 0.2) is 5.03 Å². The highest BCUT2D eigenvalue weighted by Gasteiger charge is 2.30. The Labute approximate surface area is 139 Å². The van der Waals surface area contributed by atoms with E-state index in [0.717, 1.165) is 10.6 Å². The molecule has 0 unspecified atom stereocenters. The molecule has 0 atom stereocenters. The molecule has 122 valence electrons. The highest BCUT2D eigenvalue weighted by molar-refractivity contribution is 7.89. The molecule has 0 bridgehead atoms. The SMILES string of the molecule is CCN(Cc1ccccc1)S(=O)(=O)c1c(C)nc2sc(C)nn12. The first kappa shape index (κ1) is 16.1. The van der Waals surface area contributed by atoms with Crippen LogP contribution in [-0.4, -0.2) is 33.9 Å². The van der Waals surface area contributed by atoms with Gasteiger partial charge in [0.2, 0.25) is 4.96 Å². The fourth-order valence-electron chi connectivity index (χ4n) is 2.50. The van der Waals surface area contributed by atoms with E-state index < -0.39 is 10.0 Å². The lowest BCUT2D eigenvalue weighted by atomic mass is 10.2. The third kappa shape index (κ3) is 2.89. The first-order valence-corrected chi connectivity index (χ1v) is 9.56. The van der Waals surface area contributed by atoms with Gasteiger partial charge in [-0.2, -0.15) is 13.9 Å². The Bertz CT molecular complexity index is 929. The molecule has 3 rings (SSSR count). The smallest absolute Gasteiger partial charge is 0.221 e. The lowest BCUT2D eigenvalue weighted by molar-refractivity contribution is 0.419. The predicted octanol–water partition coefficient (Wildman–Crippen LogP) is 2.62. The molecule has 0 aliphatic rings. The largest absolute Gasteiger partial charge is 0.262 e. The zero-order chi connectivity index (χ0) is 16.6. The second-order valence-electron chi connectivity index (χ2n) is 5.23. The number of fused-ring (bicyclic) bond motifs is 1. The van der Waals surface area contributed by atoms with E-state index in [2.05, 4.69) is 10.1 Å². The second-order valence-corrected chi connectivity index (χ2v) is 8.25. The summed E-state index contributed by atoms with van der Waals surface area (Å²) >= 11 is 1.38. The van der Waals surface area contributed by atoms with Gasteiger partial charge >= 0.3 is 0 Å². The third-order valence-electron chi connectivity index (χ3n) is 3.56. The molecule has 0 saturated carbocycles. The van der Waals surface area contributed by atoms with Gasteiger partial charge in [-0.1, -0.05) is 48.6 Å². The van der Waals surface area contributed by atoms with E-state index in [1.165, 1.54) is 20.2 Å². The maximum atomic E-state index is 13.1. The van der Waals surface area contributed by atoms with Gasteiger partial charge in [-0.05, 0) is 19.4 Å². The van der Waals surface area contributed by atoms with Crippen LogP contribution >= 0.6 is 11.3 Å². The first-order valence-electron chi connectivity index (χ1n) is 7.30. The predicted molar refractivity (Wildman–Crippen MR) is 90.0 cm³/mol. The summed E-state index contributed by atoms with van der Waals surface area (Å²) < 4.78 is 29.1. The van der Waals surface area contributed by atoms with Crippen molar-refractivity contribution >= 4 is 26.3 Å². The van der Waals surface area contributed by atoms with Crippen molar-refractivity contribution in [3.05, 3.63) is 46.6 Å². The van der Waals surface area contributed by atoms with Crippen LogP contribution in [0.25, 0.3) is 4.96 Å². The van der Waals surface area contributed by atoms with Crippen LogP contribution in [0.3, 0.4) is 0 Å². The number of rotatable bonds is 5. The maximum Gasteiger partial charge on any atom is 0.262 e. The molecule has 0 spiro atoms. The number of aryl methyl sites for hydroxylation is 2. The molecule has 0 radical (unpaired) electrons. The van der Waals surface area contributed by atoms with Crippen LogP contribution in [0, 0.1) is 13.8 Å². The fraction of sp³-hybridized carbons (Fsp3) is 0.333. The van der Waals surface area contributed by atoms with Crippen molar-refractivity contribution in [2.75, 3.05) is 6.54 Å². The van der Waals surface area contributed by atoms with Crippen LogP contribution in [0.1, 0.15) is 23.2 Å². The monoisotopic (exact) mass is 350 g/mol. The van der Waals surface area contributed by atoms with Gasteiger partial charge in [0, 0.05) is 13.1 Å². The molecule has 8 heteroatoms. The quantitative estimate of drug-likeness (QED) is 0.709. The Morgan fingerprint density at radius 2 is 1.91 bits per heavy atom. The normalized spacial score (nSPS) is 12.3. The summed E-state index contributed by atoms with van der Waals surface area (Å²) in [5.41, 5.74) is 1.43. The topological polar surface area (TPSA) is 67.6 Å². The summed E-state index contributed by atoms with van der Waals surface area (Å²) in [5, 5.41) is 5.24. The van der Waals surface area contributed by atoms with E-state index in [0.29, 0.717) is 23.7 Å². The number of hydrogen-bond acceptors (Lipinski definition) is 5. The van der Waals surface area contributed by atoms with Gasteiger partial charge in [-0.25, -0.2) is 13.4 Å². The van der Waals surface area contributed by atoms with E-state index in [1.54, 1.807) is 6.92 Å². The number of aromatic nitrogens is 3. The molecule has 0 saturated heterocycles. The number of benzene rings is 1. The molecular weight excluding hydrogens is 332 g/mol. The average Bonchev–Trinajstić information content (AvgIpc) is 2.99. The van der Waals surface area contributed by atoms with Crippen molar-refractivity contribution in [1.82, 2.24) is 18.9 Å². The average molecular weight is 350 g/mol. The Kier molecular flexibility index (Phi) is 4.22. The number of hydrogen-bond donors (Lipinski definition) is 0. The second kappa shape index (κ2) is 6.03. The van der Waals surface area contributed by atoms with Crippen molar-refractivity contribution in [1.29, 1.82) is 0 Å². The number of nitrogens with zero attached hydrogens (tertiary/aromatic N) is 4. The van der Waals surface area contributed by atoms with Crippen LogP contribution in [0.2, 0.25) is 0 Å². The highest BCUT2D eigenvalue weighted by Crippen LogP contribution is 2.25. The van der Waals surface area contributed by atoms with E-state index in [-0.39, 0.29) is 5.03 Å². The van der Waals surface area contributed by atoms with Crippen LogP contribution < -0.4 is 0 Å². The van der Waals surface area contributed by atoms with Crippen molar-refractivity contribution in [2.24, 2.45) is 0 Å². The molecule has 6 nitrogen and oxygen atoms in total. The van der Waals surface area contributed by atoms with Crippen molar-refractivity contribution in [2.45, 2.75) is 32.3 Å². The van der Waals surface area contributed by atoms with E-state index in [1.807, 2.05) is 44.2 Å². The van der Waals surface area contributed by atoms with Gasteiger partial charge in [0.25, 0.3) is 10.0 Å². The molecular formula is C15H18N4O2S2. The zero-order valence-electron chi connectivity index (χ0n) is 13.2. The summed E-state index contributed by atoms with van der Waals surface area (Å²) in [4.78, 5) is 4.94. The molecule has 2 heterocycles. The first-order chi connectivity index (χ1) is 10.9. The van der Waals surface area contributed by atoms with Crippen LogP contribution in [0.4, 0.5) is 0 Å². The van der Waals surface area contributed by atoms with Crippen molar-refractivity contribution in [3.63, 3.8) is 0 Å². The molecule has 0 aliphatic heterocycles. The van der Waals surface area contributed by atoms with Gasteiger partial charge in [0.05, 0.1) is 5.69 Å². The van der Waals surface area contributed by atoms with E-state index >= 15 is 0 Å². The van der Waals surface area contributed by atoms with Gasteiger partial charge in [-0.15, -0.1) is 0 Å². The number of imidazole rings is 1. The van der Waals surface area contributed by atoms with Crippen molar-refractivity contribution in [3.8, 4) is 0 Å². The molecule has 0 fully saturated rings. The zero-order valence-corrected chi connectivity index (χ0v) is 14.9. The fourth-order valence-corrected chi connectivity index (χ4v) is 5.01. The maximum absolute atomic E-state index is 13.1. The van der Waals surface area contributed by atoms with Gasteiger partial charge < -0.3 is 0 Å². The standard InChI is InChI=1S/C15H18N4O2S2/c1-4-18(10-13-8-6-5-7-9-13)23(20,21)14-11(2)16-15-19(14)17-12(3)22-15/h5-9H,4,10H2,1-3H3. The number of sulfonamides is 1. The lowest BCUT2D eigenvalue weighted by Gasteiger charge is -2.20. The molecule has 2 aromatic heterocycles. The molecule has 3 aromatic rings. The molecule has 1 aromatic carbocycles. The Hall–Kier alpha value is -1.77. The van der Waals surface area contributed by atoms with E-state index in [9.17, 15) is 8.42 Å². The Morgan fingerprint density at radius 3 is 2.57 bits per heavy atom. The minimum absolute atomic E-state index is 0.162. The van der Waals surface area contributed by atoms with Crippen molar-refractivity contribution < 1.29 is 8.42 Å². The van der Waals surface area contributed by atoms with Crippen LogP contribution in [0.15, 0.2) is 35.4 Å². The minimum Gasteiger partial charge on any atom is -0.221 e. The Balaban J connectivity index is 2.05. The van der Waals surface area contributed by atoms with Crippen LogP contribution in [0.5, 0.6) is 0 Å². The minimum atomic E-state index is -3.67. The highest BCUT2D eigenvalue weighted by atomic mass is 32.2. The summed E-state index contributed by atoms with van der Waals surface area (Å²) in [5.74, 6) is 0. The summed E-state index contributed by atoms with van der Waals surface area (Å²) in [6.07, 6.45) is 0. The summed E-state index contributed by atoms with van der Waals surface area (Å²) in [7, 11) is -3.67.